The molecular formula is C105H93BBr2CuIN18O9. The summed E-state index contributed by atoms with van der Waals surface area (Å²) in [5.41, 5.74) is 28.8. The number of imidazole rings is 3. The van der Waals surface area contributed by atoms with Crippen LogP contribution in [0.2, 0.25) is 0 Å². The van der Waals surface area contributed by atoms with E-state index in [4.69, 9.17) is 41.0 Å². The molecule has 0 aliphatic heterocycles. The molecule has 15 heterocycles. The molecule has 0 spiro atoms. The number of carbonyl (C=O) groups excluding carboxylic acids is 3. The Labute approximate surface area is 826 Å². The van der Waals surface area contributed by atoms with Crippen molar-refractivity contribution in [2.75, 3.05) is 0 Å². The predicted octanol–water partition coefficient (Wildman–Crippen LogP) is 22.7. The van der Waals surface area contributed by atoms with Crippen LogP contribution in [0.15, 0.2) is 319 Å². The summed E-state index contributed by atoms with van der Waals surface area (Å²) < 4.78 is 25.1. The van der Waals surface area contributed by atoms with Gasteiger partial charge in [-0.3, -0.25) is 53.0 Å². The fourth-order valence-electron chi connectivity index (χ4n) is 15.2. The van der Waals surface area contributed by atoms with E-state index in [1.807, 2.05) is 254 Å². The van der Waals surface area contributed by atoms with Gasteiger partial charge in [0.15, 0.2) is 0 Å². The summed E-state index contributed by atoms with van der Waals surface area (Å²) in [6.07, 6.45) is 12.5. The second-order valence-electron chi connectivity index (χ2n) is 33.2. The molecule has 0 unspecified atom stereocenters. The molecule has 6 N–H and O–H groups in total. The van der Waals surface area contributed by atoms with Gasteiger partial charge in [0.2, 0.25) is 0 Å². The number of carbonyl (C=O) groups is 3. The van der Waals surface area contributed by atoms with Crippen molar-refractivity contribution in [3.8, 4) is 57.7 Å². The van der Waals surface area contributed by atoms with Crippen LogP contribution in [-0.2, 0) is 28.7 Å². The number of nitrogens with zero attached hydrogens (tertiary/aromatic N) is 17. The number of pyridine rings is 8. The van der Waals surface area contributed by atoms with Crippen LogP contribution in [-0.4, -0.2) is 128 Å². The van der Waals surface area contributed by atoms with Crippen LogP contribution in [0.1, 0.15) is 109 Å². The molecule has 0 fully saturated rings. The molecule has 20 aromatic rings. The van der Waals surface area contributed by atoms with Gasteiger partial charge in [0.05, 0.1) is 97.5 Å². The zero-order valence-electron chi connectivity index (χ0n) is 76.3. The average Bonchev–Trinajstić information content (AvgIpc) is 1.62. The molecule has 0 saturated carbocycles. The number of amides is 1. The average molecular weight is 2110 g/mol. The van der Waals surface area contributed by atoms with Crippen molar-refractivity contribution < 1.29 is 57.2 Å². The summed E-state index contributed by atoms with van der Waals surface area (Å²) in [7, 11) is -1.74. The van der Waals surface area contributed by atoms with E-state index in [9.17, 15) is 29.7 Å². The van der Waals surface area contributed by atoms with Crippen LogP contribution >= 0.6 is 52.2 Å². The van der Waals surface area contributed by atoms with E-state index in [2.05, 4.69) is 175 Å². The third-order valence-corrected chi connectivity index (χ3v) is 21.9. The van der Waals surface area contributed by atoms with E-state index in [0.717, 1.165) is 145 Å². The Kier molecular flexibility index (Phi) is 32.9. The Balaban J connectivity index is 0.000000138. The number of hydrogen-bond acceptors (Lipinski definition) is 19. The second kappa shape index (κ2) is 45.1. The van der Waals surface area contributed by atoms with Gasteiger partial charge >= 0.3 is 52.4 Å². The number of ether oxygens (including phenoxy) is 2. The number of allylic oxidation sites excluding steroid dienone is 1. The molecule has 15 aromatic heterocycles. The summed E-state index contributed by atoms with van der Waals surface area (Å²) in [4.78, 5) is 71.9. The molecule has 0 radical (unpaired) electrons. The van der Waals surface area contributed by atoms with Crippen molar-refractivity contribution in [2.45, 2.75) is 93.8 Å². The third-order valence-electron chi connectivity index (χ3n) is 21.0. The zero-order valence-corrected chi connectivity index (χ0v) is 82.5. The molecule has 27 nitrogen and oxygen atoms in total. The Hall–Kier alpha value is -14.7. The minimum absolute atomic E-state index is 0.0930. The first-order valence-electron chi connectivity index (χ1n) is 42.8. The van der Waals surface area contributed by atoms with Crippen molar-refractivity contribution in [2.24, 2.45) is 5.73 Å². The number of primary amides is 1. The van der Waals surface area contributed by atoms with Crippen LogP contribution in [0, 0.1) is 57.3 Å². The first-order chi connectivity index (χ1) is 65.9. The summed E-state index contributed by atoms with van der Waals surface area (Å²) in [5, 5.41) is 52.8. The van der Waals surface area contributed by atoms with Gasteiger partial charge in [0.25, 0.3) is 5.91 Å². The quantitative estimate of drug-likeness (QED) is 0.0310. The molecule has 137 heavy (non-hydrogen) atoms. The maximum atomic E-state index is 12.7. The van der Waals surface area contributed by atoms with Crippen molar-refractivity contribution in [3.05, 3.63) is 382 Å². The fourth-order valence-corrected chi connectivity index (χ4v) is 16.0. The number of benzene rings is 5. The molecule has 1 aliphatic rings. The van der Waals surface area contributed by atoms with Crippen LogP contribution in [0.3, 0.4) is 0 Å². The Morgan fingerprint density at radius 2 is 0.818 bits per heavy atom. The summed E-state index contributed by atoms with van der Waals surface area (Å²) in [6, 6.07) is 93.3. The number of nitriles is 2. The van der Waals surface area contributed by atoms with Crippen molar-refractivity contribution >= 4 is 155 Å². The molecule has 692 valence electrons. The van der Waals surface area contributed by atoms with Crippen LogP contribution in [0.5, 0.6) is 0 Å². The number of aryl methyl sites for hydroxylation is 5. The number of aromatic nitrogens is 15. The number of halogens is 3. The van der Waals surface area contributed by atoms with Gasteiger partial charge in [-0.25, -0.2) is 34.1 Å². The molecular weight excluding hydrogens is 2020 g/mol. The first kappa shape index (κ1) is 99.8. The zero-order chi connectivity index (χ0) is 97.9. The Bertz CT molecular complexity index is 7890. The predicted molar refractivity (Wildman–Crippen MR) is 549 cm³/mol. The fraction of sp³-hybridized carbons (Fsp3) is 0.133. The van der Waals surface area contributed by atoms with E-state index in [1.165, 1.54) is 27.5 Å². The monoisotopic (exact) mass is 2110 g/mol. The van der Waals surface area contributed by atoms with E-state index in [0.29, 0.717) is 28.2 Å². The number of fused-ring (bicyclic) bond motifs is 8. The van der Waals surface area contributed by atoms with Crippen molar-refractivity contribution in [1.29, 1.82) is 10.5 Å². The summed E-state index contributed by atoms with van der Waals surface area (Å²) in [5.74, 6) is -0.511. The van der Waals surface area contributed by atoms with Gasteiger partial charge < -0.3 is 34.4 Å². The number of hydrogen-bond donors (Lipinski definition) is 5. The molecule has 21 rings (SSSR count). The topological polar surface area (TPSA) is 360 Å². The van der Waals surface area contributed by atoms with Gasteiger partial charge in [0.1, 0.15) is 62.0 Å². The molecule has 32 heteroatoms. The number of nitrogens with two attached hydrogens (primary N) is 1. The standard InChI is InChI=1S/C22H17N5O.C22H15N5.C19H20N2O2.C15H13N.C13H16BNO4.C8H4BrN3.C6H6BrN.Cu.HI.H2O2/c1-14-5-4-7-17(25-14)19-11-15-6-2-3-8-18(15)27(19)16-9-10-21-24-12-20(22(23)28)26(21)13-16;1-15-5-4-7-19(25-15)21-11-16-6-2-3-8-20(16)27(21)17-9-10-22-24-13-18(12-23)26(22)14-17;1-13-8-7-10-15(20-13)17-12-14-9-5-6-11-16(14)21(17)18(22)23-19(2,3)4;1-11-5-4-8-15(16-11)14-9-12-6-2-3-7-13(12)10-14;1-13(2,3)19-12(16)15-10-7-5-4-6-9(10)8-11(15)14(17)18;9-6-1-2-8-11-4-7(3-10)12(8)5-6;1-5-3-2-4-6(7)8-5;;;1-2/h2-13H,1H3,(H2,23,28);2-11,13-14H,1H3;5-12H,1-4H3;2-9H,10H2,1H3;4-8,17-18H,1-3H3;1-2,4-5H;2-4H,1H3;;1H;1-2H/q;;;;;;;+1;;/p-1. The number of para-hydroxylation sites is 4. The second-order valence-corrected chi connectivity index (χ2v) is 34.9. The summed E-state index contributed by atoms with van der Waals surface area (Å²) in [6.45, 7) is 20.8. The van der Waals surface area contributed by atoms with E-state index < -0.39 is 36.4 Å². The van der Waals surface area contributed by atoms with Crippen LogP contribution in [0.4, 0.5) is 9.59 Å². The number of rotatable bonds is 8. The Morgan fingerprint density at radius 3 is 1.27 bits per heavy atom. The molecule has 0 atom stereocenters. The van der Waals surface area contributed by atoms with Gasteiger partial charge in [-0.15, -0.1) is 0 Å². The van der Waals surface area contributed by atoms with Gasteiger partial charge in [-0.05, 0) is 282 Å². The summed E-state index contributed by atoms with van der Waals surface area (Å²) >= 11 is 12.4. The first-order valence-corrected chi connectivity index (χ1v) is 47.4. The molecule has 0 bridgehead atoms. The molecule has 1 aliphatic carbocycles. The maximum absolute atomic E-state index is 12.7. The van der Waals surface area contributed by atoms with Crippen LogP contribution < -0.4 is 11.3 Å². The normalized spacial score (nSPS) is 11.2. The van der Waals surface area contributed by atoms with E-state index in [-0.39, 0.29) is 5.59 Å². The van der Waals surface area contributed by atoms with E-state index >= 15 is 0 Å². The SMILES string of the molecule is CC(C)(C)OC(=O)n1c(B(O)O)cc2ccccc21.Cc1cccc(-c2cc3ccccc3n2-c2ccc3ncc(C#N)n3c2)n1.Cc1cccc(-c2cc3ccccc3n2-c2ccc3ncc(C(N)=O)n3c2)n1.Cc1cccc(-c2cc3ccccc3n2C(=O)OC(C)(C)C)n1.Cc1cccc(Br)n1.Cc1cccc(C2=Cc3ccccc3C2)n1.N#Cc1cnc2ccc(Br)cn12.OO.[Cu][I]. The van der Waals surface area contributed by atoms with Gasteiger partial charge in [0, 0.05) is 74.1 Å². The van der Waals surface area contributed by atoms with Crippen molar-refractivity contribution in [1.82, 2.24) is 71.3 Å². The van der Waals surface area contributed by atoms with Crippen LogP contribution in [0.25, 0.3) is 118 Å². The molecule has 0 saturated heterocycles. The third kappa shape index (κ3) is 24.4. The van der Waals surface area contributed by atoms with Crippen molar-refractivity contribution in [3.63, 3.8) is 0 Å². The Morgan fingerprint density at radius 1 is 0.438 bits per heavy atom. The molecule has 5 aromatic carbocycles. The van der Waals surface area contributed by atoms with Gasteiger partial charge in [-0.2, -0.15) is 10.5 Å². The molecule has 1 amide bonds. The van der Waals surface area contributed by atoms with Gasteiger partial charge in [-0.1, -0.05) is 127 Å². The van der Waals surface area contributed by atoms with E-state index in [1.54, 1.807) is 91.1 Å². The minimum atomic E-state index is -1.74.